The molecular weight excluding hydrogens is 995 g/mol. The molecule has 440 valence electrons. The van der Waals surface area contributed by atoms with Crippen LogP contribution >= 0.6 is 0 Å². The number of likely N-dealkylation sites (N-methyl/N-ethyl adjacent to an activating group) is 7. The van der Waals surface area contributed by atoms with Crippen LogP contribution in [0.1, 0.15) is 123 Å². The smallest absolute Gasteiger partial charge is 0.246 e. The number of primary amides is 1. The molecule has 0 heterocycles. The third-order valence-electron chi connectivity index (χ3n) is 13.8. The number of nitrogens with zero attached hydrogens (tertiary/aromatic N) is 7. The Morgan fingerprint density at radius 2 is 1.00 bits per heavy atom. The second kappa shape index (κ2) is 32.6. The lowest BCUT2D eigenvalue weighted by atomic mass is 9.91. The molecule has 0 aliphatic rings. The fourth-order valence-corrected chi connectivity index (χ4v) is 8.71. The van der Waals surface area contributed by atoms with E-state index >= 15 is 0 Å². The fourth-order valence-electron chi connectivity index (χ4n) is 8.71. The highest BCUT2D eigenvalue weighted by molar-refractivity contribution is 5.98. The predicted octanol–water partition coefficient (Wildman–Crippen LogP) is 0.815. The van der Waals surface area contributed by atoms with Gasteiger partial charge in [0.15, 0.2) is 0 Å². The molecule has 23 heteroatoms. The number of aliphatic hydroxyl groups excluding tert-OH is 1. The number of aliphatic hydroxyl groups is 1. The third kappa shape index (κ3) is 21.0. The molecule has 0 rings (SSSR count). The van der Waals surface area contributed by atoms with Gasteiger partial charge in [0, 0.05) is 55.3 Å². The van der Waals surface area contributed by atoms with Gasteiger partial charge in [-0.2, -0.15) is 0 Å². The Kier molecular flexibility index (Phi) is 30.0. The van der Waals surface area contributed by atoms with Gasteiger partial charge in [-0.25, -0.2) is 0 Å². The summed E-state index contributed by atoms with van der Waals surface area (Å²) in [7, 11) is 9.84. The molecule has 6 N–H and O–H groups in total. The number of rotatable bonds is 31. The lowest BCUT2D eigenvalue weighted by Crippen LogP contribution is -2.63. The highest BCUT2D eigenvalue weighted by Gasteiger charge is 2.45. The molecule has 0 aromatic heterocycles. The quantitative estimate of drug-likeness (QED) is 0.0604. The molecular formula is C54H97N11O12. The number of allylic oxidation sites excluding steroid dienone is 2. The van der Waals surface area contributed by atoms with E-state index in [0.29, 0.717) is 6.42 Å². The zero-order chi connectivity index (χ0) is 60.3. The minimum Gasteiger partial charge on any atom is -0.390 e. The van der Waals surface area contributed by atoms with Gasteiger partial charge < -0.3 is 61.1 Å². The summed E-state index contributed by atoms with van der Waals surface area (Å²) in [6.07, 6.45) is 2.77. The molecule has 0 fully saturated rings. The zero-order valence-electron chi connectivity index (χ0n) is 50.1. The van der Waals surface area contributed by atoms with Gasteiger partial charge in [-0.1, -0.05) is 81.4 Å². The topological polar surface area (TPSA) is 293 Å². The largest absolute Gasteiger partial charge is 0.390 e. The van der Waals surface area contributed by atoms with Crippen LogP contribution in [-0.2, 0) is 52.7 Å². The molecule has 0 aliphatic heterocycles. The Bertz CT molecular complexity index is 2080. The van der Waals surface area contributed by atoms with E-state index in [4.69, 9.17) is 5.73 Å². The van der Waals surface area contributed by atoms with E-state index in [9.17, 15) is 57.8 Å². The van der Waals surface area contributed by atoms with Crippen molar-refractivity contribution in [1.29, 1.82) is 0 Å². The van der Waals surface area contributed by atoms with E-state index < -0.39 is 132 Å². The van der Waals surface area contributed by atoms with Gasteiger partial charge in [-0.15, -0.1) is 0 Å². The van der Waals surface area contributed by atoms with Crippen molar-refractivity contribution in [2.75, 3.05) is 62.4 Å². The van der Waals surface area contributed by atoms with Crippen LogP contribution in [0.4, 0.5) is 0 Å². The minimum absolute atomic E-state index is 0.0566. The number of nitrogens with one attached hydrogen (secondary N) is 3. The number of carbonyl (C=O) groups is 11. The molecule has 0 spiro atoms. The first-order valence-corrected chi connectivity index (χ1v) is 26.7. The highest BCUT2D eigenvalue weighted by atomic mass is 16.3. The number of hydrogen-bond donors (Lipinski definition) is 5. The molecule has 0 bridgehead atoms. The molecule has 0 saturated carbocycles. The Labute approximate surface area is 458 Å². The van der Waals surface area contributed by atoms with Crippen molar-refractivity contribution in [1.82, 2.24) is 50.2 Å². The van der Waals surface area contributed by atoms with Crippen molar-refractivity contribution in [2.24, 2.45) is 35.3 Å². The summed E-state index contributed by atoms with van der Waals surface area (Å²) in [5.74, 6) is -8.71. The molecule has 0 radical (unpaired) electrons. The van der Waals surface area contributed by atoms with Gasteiger partial charge in [0.25, 0.3) is 0 Å². The highest BCUT2D eigenvalue weighted by Crippen LogP contribution is 2.25. The first kappa shape index (κ1) is 70.9. The molecule has 77 heavy (non-hydrogen) atoms. The van der Waals surface area contributed by atoms with Crippen molar-refractivity contribution in [3.05, 3.63) is 12.2 Å². The summed E-state index contributed by atoms with van der Waals surface area (Å²) < 4.78 is 0. The molecule has 0 saturated heterocycles. The SMILES string of the molecule is C/C=C/C[C@@H](C)[C@H](O)C(C(=O)N[C@@H](CC)C(=O)N(C)CC(=O)N(C)[C@H](C)C(N)=O)N(C)C(=O)[C@H](C(C)C)N(C)C(=O)[C@@H](CC(C)C)N(C)C(=O)[C@@H](CC(C)C)N(C)C(=O)[C@H](C)NC(=O)[C@@H](C)NC(=O)CN(C)C(=O)C(C)C. The van der Waals surface area contributed by atoms with Crippen molar-refractivity contribution >= 4 is 65.0 Å². The number of hydrogen-bond acceptors (Lipinski definition) is 12. The van der Waals surface area contributed by atoms with E-state index in [0.717, 1.165) is 14.7 Å². The number of carbonyl (C=O) groups excluding carboxylic acids is 11. The van der Waals surface area contributed by atoms with Crippen molar-refractivity contribution < 1.29 is 57.8 Å². The molecule has 10 atom stereocenters. The van der Waals surface area contributed by atoms with Gasteiger partial charge in [-0.05, 0) is 77.0 Å². The summed E-state index contributed by atoms with van der Waals surface area (Å²) in [4.78, 5) is 158. The maximum atomic E-state index is 15.0. The van der Waals surface area contributed by atoms with E-state index in [1.165, 1.54) is 89.7 Å². The Morgan fingerprint density at radius 1 is 0.532 bits per heavy atom. The summed E-state index contributed by atoms with van der Waals surface area (Å²) in [5, 5.41) is 19.7. The second-order valence-electron chi connectivity index (χ2n) is 22.1. The van der Waals surface area contributed by atoms with Crippen LogP contribution in [0.5, 0.6) is 0 Å². The van der Waals surface area contributed by atoms with Gasteiger partial charge in [-0.3, -0.25) is 52.7 Å². The molecule has 1 unspecified atom stereocenters. The first-order valence-electron chi connectivity index (χ1n) is 26.7. The van der Waals surface area contributed by atoms with E-state index in [-0.39, 0.29) is 49.5 Å². The lowest BCUT2D eigenvalue weighted by Gasteiger charge is -2.41. The van der Waals surface area contributed by atoms with Crippen LogP contribution in [0.15, 0.2) is 12.2 Å². The number of nitrogens with two attached hydrogens (primary N) is 1. The summed E-state index contributed by atoms with van der Waals surface area (Å²) in [6, 6.07) is -9.52. The van der Waals surface area contributed by atoms with E-state index in [1.807, 2.05) is 27.7 Å². The molecule has 0 aromatic rings. The average molecular weight is 1090 g/mol. The van der Waals surface area contributed by atoms with Gasteiger partial charge in [0.1, 0.15) is 48.3 Å². The van der Waals surface area contributed by atoms with Gasteiger partial charge in [0.05, 0.1) is 19.2 Å². The van der Waals surface area contributed by atoms with Crippen LogP contribution in [0.25, 0.3) is 0 Å². The zero-order valence-corrected chi connectivity index (χ0v) is 50.1. The van der Waals surface area contributed by atoms with Crippen molar-refractivity contribution in [3.8, 4) is 0 Å². The predicted molar refractivity (Wildman–Crippen MR) is 294 cm³/mol. The molecule has 0 aromatic carbocycles. The Morgan fingerprint density at radius 3 is 1.44 bits per heavy atom. The standard InChI is InChI=1S/C54H97N11O12/c1-22-24-25-34(11)45(68)44(48(71)58-38(23-2)51(74)60(16)29-42(67)61(17)37(14)46(55)69)65(21)54(77)43(32(7)8)64(20)53(76)40(27-31(5)6)63(19)52(75)39(26-30(3)4)62(18)50(73)36(13)57-47(70)35(12)56-41(66)28-59(15)49(72)33(9)10/h22,24,30-40,43-45,68H,23,25-29H2,1-21H3,(H2,55,69)(H,56,66)(H,57,70)(H,58,71)/b24-22+/t34-,35-,36+,37-,38+,39-,40-,43+,44?,45+/m1/s1. The van der Waals surface area contributed by atoms with Crippen molar-refractivity contribution in [3.63, 3.8) is 0 Å². The van der Waals surface area contributed by atoms with Gasteiger partial charge in [0.2, 0.25) is 65.0 Å². The molecule has 23 nitrogen and oxygen atoms in total. The van der Waals surface area contributed by atoms with Gasteiger partial charge >= 0.3 is 0 Å². The Balaban J connectivity index is 6.96. The minimum atomic E-state index is -1.59. The fraction of sp³-hybridized carbons (Fsp3) is 0.759. The molecule has 0 aliphatic carbocycles. The summed E-state index contributed by atoms with van der Waals surface area (Å²) >= 11 is 0. The normalized spacial score (nSPS) is 15.5. The number of amides is 11. The van der Waals surface area contributed by atoms with Crippen LogP contribution in [0.3, 0.4) is 0 Å². The first-order chi connectivity index (χ1) is 35.4. The van der Waals surface area contributed by atoms with E-state index in [2.05, 4.69) is 16.0 Å². The second-order valence-corrected chi connectivity index (χ2v) is 22.1. The molecule has 11 amide bonds. The van der Waals surface area contributed by atoms with Crippen LogP contribution in [0, 0.1) is 29.6 Å². The monoisotopic (exact) mass is 1090 g/mol. The van der Waals surface area contributed by atoms with Crippen LogP contribution < -0.4 is 21.7 Å². The maximum absolute atomic E-state index is 15.0. The van der Waals surface area contributed by atoms with E-state index in [1.54, 1.807) is 60.6 Å². The Hall–Kier alpha value is -6.13. The summed E-state index contributed by atoms with van der Waals surface area (Å²) in [6.45, 7) is 23.0. The van der Waals surface area contributed by atoms with Crippen LogP contribution in [0.2, 0.25) is 0 Å². The third-order valence-corrected chi connectivity index (χ3v) is 13.8. The van der Waals surface area contributed by atoms with Crippen LogP contribution in [-0.4, -0.2) is 221 Å². The maximum Gasteiger partial charge on any atom is 0.246 e. The van der Waals surface area contributed by atoms with Crippen molar-refractivity contribution in [2.45, 2.75) is 177 Å². The summed E-state index contributed by atoms with van der Waals surface area (Å²) in [5.41, 5.74) is 5.36. The average Bonchev–Trinajstić information content (AvgIpc) is 3.35. The lowest BCUT2D eigenvalue weighted by molar-refractivity contribution is -0.157.